The molecule has 1 atom stereocenters. The van der Waals surface area contributed by atoms with Gasteiger partial charge in [0.1, 0.15) is 0 Å². The predicted molar refractivity (Wildman–Crippen MR) is 151 cm³/mol. The van der Waals surface area contributed by atoms with Crippen molar-refractivity contribution in [3.63, 3.8) is 0 Å². The molecule has 0 radical (unpaired) electrons. The maximum atomic E-state index is 13.9. The molecule has 0 saturated carbocycles. The van der Waals surface area contributed by atoms with Crippen LogP contribution in [0.4, 0.5) is 19.1 Å². The lowest BCUT2D eigenvalue weighted by Crippen LogP contribution is -2.46. The number of halogens is 6. The van der Waals surface area contributed by atoms with E-state index in [0.717, 1.165) is 12.1 Å². The second-order valence-corrected chi connectivity index (χ2v) is 11.1. The van der Waals surface area contributed by atoms with E-state index in [2.05, 4.69) is 15.6 Å². The van der Waals surface area contributed by atoms with Gasteiger partial charge in [-0.1, -0.05) is 34.8 Å². The average Bonchev–Trinajstić information content (AvgIpc) is 2.88. The number of nitrogens with zero attached hydrogens (tertiary/aromatic N) is 3. The van der Waals surface area contributed by atoms with Gasteiger partial charge in [0, 0.05) is 35.8 Å². The molecule has 14 heteroatoms. The van der Waals surface area contributed by atoms with Gasteiger partial charge in [0.2, 0.25) is 5.95 Å². The predicted octanol–water partition coefficient (Wildman–Crippen LogP) is 5.98. The molecular formula is C27H25Cl3F3N5O3. The summed E-state index contributed by atoms with van der Waals surface area (Å²) in [5.41, 5.74) is -0.903. The number of alkyl halides is 3. The second kappa shape index (κ2) is 11.5. The van der Waals surface area contributed by atoms with Gasteiger partial charge < -0.3 is 15.5 Å². The highest BCUT2D eigenvalue weighted by atomic mass is 35.5. The minimum absolute atomic E-state index is 0.0376. The van der Waals surface area contributed by atoms with Gasteiger partial charge in [-0.25, -0.2) is 9.55 Å². The number of fused-ring (bicyclic) bond motifs is 1. The molecule has 2 heterocycles. The third kappa shape index (κ3) is 6.02. The van der Waals surface area contributed by atoms with Crippen molar-refractivity contribution in [1.82, 2.24) is 19.8 Å². The van der Waals surface area contributed by atoms with E-state index >= 15 is 0 Å². The zero-order valence-electron chi connectivity index (χ0n) is 22.3. The SMILES string of the molecule is CNC(=O)c1cc(Cl)c(-n2c(NC(C)C)nc3c(c2=O)C[C@@H](C)N(C(=O)c2ccc(Cl)c(C(F)(F)F)c2)C3)c(Cl)c1. The molecule has 0 bridgehead atoms. The molecule has 2 aromatic carbocycles. The fourth-order valence-corrected chi connectivity index (χ4v) is 5.47. The minimum Gasteiger partial charge on any atom is -0.355 e. The number of rotatable bonds is 5. The largest absolute Gasteiger partial charge is 0.417 e. The van der Waals surface area contributed by atoms with Crippen LogP contribution in [0.1, 0.15) is 58.3 Å². The van der Waals surface area contributed by atoms with Gasteiger partial charge in [-0.2, -0.15) is 13.2 Å². The Balaban J connectivity index is 1.81. The lowest BCUT2D eigenvalue weighted by atomic mass is 9.98. The summed E-state index contributed by atoms with van der Waals surface area (Å²) in [4.78, 5) is 45.4. The molecule has 3 aromatic rings. The Hall–Kier alpha value is -3.28. The number of carbonyl (C=O) groups excluding carboxylic acids is 2. The average molecular weight is 631 g/mol. The summed E-state index contributed by atoms with van der Waals surface area (Å²) in [5.74, 6) is -0.989. The number of amides is 2. The van der Waals surface area contributed by atoms with Crippen LogP contribution in [0.15, 0.2) is 35.1 Å². The lowest BCUT2D eigenvalue weighted by molar-refractivity contribution is -0.137. The summed E-state index contributed by atoms with van der Waals surface area (Å²) in [7, 11) is 1.46. The third-order valence-electron chi connectivity index (χ3n) is 6.54. The molecule has 1 aromatic heterocycles. The van der Waals surface area contributed by atoms with Crippen LogP contribution in [0.3, 0.4) is 0 Å². The number of hydrogen-bond acceptors (Lipinski definition) is 5. The first-order valence-corrected chi connectivity index (χ1v) is 13.6. The molecule has 0 fully saturated rings. The van der Waals surface area contributed by atoms with Crippen molar-refractivity contribution in [2.45, 2.75) is 52.0 Å². The Bertz CT molecular complexity index is 1580. The number of carbonyl (C=O) groups is 2. The van der Waals surface area contributed by atoms with Gasteiger partial charge in [-0.05, 0) is 57.5 Å². The first-order valence-electron chi connectivity index (χ1n) is 12.4. The number of benzene rings is 2. The zero-order valence-corrected chi connectivity index (χ0v) is 24.6. The highest BCUT2D eigenvalue weighted by Gasteiger charge is 2.36. The van der Waals surface area contributed by atoms with Gasteiger partial charge in [0.05, 0.1) is 38.6 Å². The van der Waals surface area contributed by atoms with Crippen molar-refractivity contribution >= 4 is 52.6 Å². The molecule has 2 N–H and O–H groups in total. The summed E-state index contributed by atoms with van der Waals surface area (Å²) in [6.45, 7) is 5.21. The normalized spacial score (nSPS) is 15.1. The molecule has 0 unspecified atom stereocenters. The Labute approximate surface area is 248 Å². The van der Waals surface area contributed by atoms with E-state index in [0.29, 0.717) is 5.56 Å². The summed E-state index contributed by atoms with van der Waals surface area (Å²) in [5, 5.41) is 5.14. The first-order chi connectivity index (χ1) is 19.1. The van der Waals surface area contributed by atoms with E-state index in [4.69, 9.17) is 34.8 Å². The first kappa shape index (κ1) is 30.7. The van der Waals surface area contributed by atoms with Crippen molar-refractivity contribution in [1.29, 1.82) is 0 Å². The van der Waals surface area contributed by atoms with E-state index in [-0.39, 0.29) is 57.5 Å². The quantitative estimate of drug-likeness (QED) is 0.362. The van der Waals surface area contributed by atoms with Gasteiger partial charge in [-0.15, -0.1) is 0 Å². The van der Waals surface area contributed by atoms with Crippen molar-refractivity contribution in [3.05, 3.63) is 83.7 Å². The molecule has 0 saturated heterocycles. The Morgan fingerprint density at radius 2 is 1.68 bits per heavy atom. The summed E-state index contributed by atoms with van der Waals surface area (Å²) < 4.78 is 41.5. The summed E-state index contributed by atoms with van der Waals surface area (Å²) in [6, 6.07) is 5.00. The van der Waals surface area contributed by atoms with E-state index < -0.39 is 40.2 Å². The van der Waals surface area contributed by atoms with Gasteiger partial charge in [0.25, 0.3) is 17.4 Å². The fourth-order valence-electron chi connectivity index (χ4n) is 4.59. The molecular weight excluding hydrogens is 606 g/mol. The second-order valence-electron chi connectivity index (χ2n) is 9.85. The van der Waals surface area contributed by atoms with Crippen molar-refractivity contribution in [3.8, 4) is 5.69 Å². The van der Waals surface area contributed by atoms with E-state index in [9.17, 15) is 27.6 Å². The van der Waals surface area contributed by atoms with Gasteiger partial charge >= 0.3 is 6.18 Å². The van der Waals surface area contributed by atoms with Gasteiger partial charge in [-0.3, -0.25) is 14.4 Å². The van der Waals surface area contributed by atoms with E-state index in [1.807, 2.05) is 13.8 Å². The summed E-state index contributed by atoms with van der Waals surface area (Å²) >= 11 is 18.8. The maximum absolute atomic E-state index is 13.9. The van der Waals surface area contributed by atoms with Gasteiger partial charge in [0.15, 0.2) is 0 Å². The number of hydrogen-bond donors (Lipinski definition) is 2. The van der Waals surface area contributed by atoms with E-state index in [1.165, 1.54) is 34.7 Å². The van der Waals surface area contributed by atoms with Crippen molar-refractivity contribution < 1.29 is 22.8 Å². The van der Waals surface area contributed by atoms with Crippen LogP contribution in [-0.4, -0.2) is 45.4 Å². The maximum Gasteiger partial charge on any atom is 0.417 e. The van der Waals surface area contributed by atoms with E-state index in [1.54, 1.807) is 6.92 Å². The Morgan fingerprint density at radius 1 is 1.05 bits per heavy atom. The smallest absolute Gasteiger partial charge is 0.355 e. The summed E-state index contributed by atoms with van der Waals surface area (Å²) in [6.07, 6.45) is -4.67. The van der Waals surface area contributed by atoms with Crippen LogP contribution in [0, 0.1) is 0 Å². The van der Waals surface area contributed by atoms with Crippen LogP contribution >= 0.6 is 34.8 Å². The van der Waals surface area contributed by atoms with Crippen LogP contribution in [0.5, 0.6) is 0 Å². The third-order valence-corrected chi connectivity index (χ3v) is 7.45. The highest BCUT2D eigenvalue weighted by Crippen LogP contribution is 2.36. The fraction of sp³-hybridized carbons (Fsp3) is 0.333. The molecule has 1 aliphatic heterocycles. The van der Waals surface area contributed by atoms with Crippen LogP contribution < -0.4 is 16.2 Å². The van der Waals surface area contributed by atoms with Crippen LogP contribution in [0.2, 0.25) is 15.1 Å². The Morgan fingerprint density at radius 3 is 2.24 bits per heavy atom. The topological polar surface area (TPSA) is 96.3 Å². The monoisotopic (exact) mass is 629 g/mol. The van der Waals surface area contributed by atoms with Crippen LogP contribution in [-0.2, 0) is 19.1 Å². The highest BCUT2D eigenvalue weighted by molar-refractivity contribution is 6.38. The molecule has 4 rings (SSSR count). The zero-order chi connectivity index (χ0) is 30.4. The molecule has 2 amide bonds. The van der Waals surface area contributed by atoms with Crippen LogP contribution in [0.25, 0.3) is 5.69 Å². The number of anilines is 1. The number of aromatic nitrogens is 2. The molecule has 8 nitrogen and oxygen atoms in total. The lowest BCUT2D eigenvalue weighted by Gasteiger charge is -2.35. The molecule has 0 spiro atoms. The molecule has 1 aliphatic rings. The molecule has 41 heavy (non-hydrogen) atoms. The standard InChI is InChI=1S/C27H25Cl3F3N5O3/c1-12(2)35-26-36-21-11-37(24(40)14-5-6-18(28)17(8-14)27(31,32)33)13(3)7-16(21)25(41)38(26)22-19(29)9-15(10-20(22)30)23(39)34-4/h5-6,8-10,12-13H,7,11H2,1-4H3,(H,34,39)(H,35,36)/t13-/m1/s1. The van der Waals surface area contributed by atoms with Crippen molar-refractivity contribution in [2.24, 2.45) is 0 Å². The van der Waals surface area contributed by atoms with Crippen molar-refractivity contribution in [2.75, 3.05) is 12.4 Å². The molecule has 218 valence electrons. The number of nitrogens with one attached hydrogen (secondary N) is 2. The Kier molecular flexibility index (Phi) is 8.63. The minimum atomic E-state index is -4.74. The molecule has 0 aliphatic carbocycles.